The fraction of sp³-hybridized carbons (Fsp3) is 0.333. The summed E-state index contributed by atoms with van der Waals surface area (Å²) in [5, 5.41) is 3.03. The largest absolute Gasteiger partial charge is 0.495 e. The molecule has 0 aliphatic carbocycles. The Labute approximate surface area is 246 Å². The third kappa shape index (κ3) is 7.98. The van der Waals surface area contributed by atoms with Crippen molar-refractivity contribution in [2.45, 2.75) is 57.6 Å². The predicted octanol–water partition coefficient (Wildman–Crippen LogP) is 5.32. The molecule has 0 heterocycles. The molecule has 2 amide bonds. The SMILES string of the molecule is CC[C@@H](C)NC(=O)[C@H](C)N(Cc1ccc(F)cc1)C(=O)CN(c1ccc(OC)c(Cl)c1)S(=O)(=O)c1ccc(C)cc1. The predicted molar refractivity (Wildman–Crippen MR) is 158 cm³/mol. The molecule has 0 fully saturated rings. The number of sulfonamides is 1. The highest BCUT2D eigenvalue weighted by molar-refractivity contribution is 7.92. The fourth-order valence-electron chi connectivity index (χ4n) is 4.01. The summed E-state index contributed by atoms with van der Waals surface area (Å²) in [4.78, 5) is 28.3. The van der Waals surface area contributed by atoms with Gasteiger partial charge in [0.05, 0.1) is 22.7 Å². The number of ether oxygens (including phenoxy) is 1. The van der Waals surface area contributed by atoms with Crippen LogP contribution in [0.3, 0.4) is 0 Å². The summed E-state index contributed by atoms with van der Waals surface area (Å²) in [6.45, 7) is 6.50. The fourth-order valence-corrected chi connectivity index (χ4v) is 5.67. The van der Waals surface area contributed by atoms with Crippen LogP contribution in [0.1, 0.15) is 38.3 Å². The van der Waals surface area contributed by atoms with Crippen molar-refractivity contribution >= 4 is 39.1 Å². The van der Waals surface area contributed by atoms with Gasteiger partial charge in [0.2, 0.25) is 11.8 Å². The van der Waals surface area contributed by atoms with Crippen molar-refractivity contribution in [3.63, 3.8) is 0 Å². The van der Waals surface area contributed by atoms with E-state index in [0.717, 1.165) is 9.87 Å². The number of rotatable bonds is 12. The molecule has 3 aromatic rings. The van der Waals surface area contributed by atoms with Crippen molar-refractivity contribution in [3.8, 4) is 5.75 Å². The Morgan fingerprint density at radius 3 is 2.22 bits per heavy atom. The minimum Gasteiger partial charge on any atom is -0.495 e. The van der Waals surface area contributed by atoms with Crippen molar-refractivity contribution in [2.75, 3.05) is 18.0 Å². The second-order valence-electron chi connectivity index (χ2n) is 9.79. The van der Waals surface area contributed by atoms with Crippen molar-refractivity contribution < 1.29 is 27.1 Å². The summed E-state index contributed by atoms with van der Waals surface area (Å²) < 4.78 is 47.6. The highest BCUT2D eigenvalue weighted by atomic mass is 35.5. The second kappa shape index (κ2) is 13.8. The van der Waals surface area contributed by atoms with Gasteiger partial charge in [0.1, 0.15) is 24.2 Å². The van der Waals surface area contributed by atoms with Crippen LogP contribution in [0.15, 0.2) is 71.6 Å². The lowest BCUT2D eigenvalue weighted by Crippen LogP contribution is -2.52. The van der Waals surface area contributed by atoms with Crippen LogP contribution < -0.4 is 14.4 Å². The van der Waals surface area contributed by atoms with E-state index in [2.05, 4.69) is 5.32 Å². The van der Waals surface area contributed by atoms with Crippen molar-refractivity contribution in [3.05, 3.63) is 88.7 Å². The number of carbonyl (C=O) groups excluding carboxylic acids is 2. The lowest BCUT2D eigenvalue weighted by atomic mass is 10.1. The molecular formula is C30H35ClFN3O5S. The molecule has 2 atom stereocenters. The average Bonchev–Trinajstić information content (AvgIpc) is 2.95. The second-order valence-corrected chi connectivity index (χ2v) is 12.1. The summed E-state index contributed by atoms with van der Waals surface area (Å²) in [6.07, 6.45) is 0.686. The molecule has 1 N–H and O–H groups in total. The number of nitrogens with one attached hydrogen (secondary N) is 1. The van der Waals surface area contributed by atoms with E-state index >= 15 is 0 Å². The minimum absolute atomic E-state index is 0.0181. The summed E-state index contributed by atoms with van der Waals surface area (Å²) >= 11 is 6.34. The molecule has 3 rings (SSSR count). The van der Waals surface area contributed by atoms with E-state index in [1.54, 1.807) is 19.1 Å². The van der Waals surface area contributed by atoms with E-state index in [9.17, 15) is 22.4 Å². The number of nitrogens with zero attached hydrogens (tertiary/aromatic N) is 2. The molecule has 0 unspecified atom stereocenters. The number of amides is 2. The van der Waals surface area contributed by atoms with Crippen LogP contribution >= 0.6 is 11.6 Å². The molecule has 0 radical (unpaired) electrons. The normalized spacial score (nSPS) is 12.8. The first kappa shape index (κ1) is 31.9. The lowest BCUT2D eigenvalue weighted by Gasteiger charge is -2.32. The maximum absolute atomic E-state index is 13.9. The summed E-state index contributed by atoms with van der Waals surface area (Å²) in [6, 6.07) is 15.1. The zero-order chi connectivity index (χ0) is 30.3. The molecule has 220 valence electrons. The van der Waals surface area contributed by atoms with Gasteiger partial charge in [-0.1, -0.05) is 48.4 Å². The quantitative estimate of drug-likeness (QED) is 0.302. The van der Waals surface area contributed by atoms with E-state index in [-0.39, 0.29) is 28.2 Å². The van der Waals surface area contributed by atoms with Gasteiger partial charge in [-0.25, -0.2) is 12.8 Å². The molecule has 0 aliphatic heterocycles. The molecule has 0 aromatic heterocycles. The van der Waals surface area contributed by atoms with Crippen molar-refractivity contribution in [2.24, 2.45) is 0 Å². The zero-order valence-electron chi connectivity index (χ0n) is 23.7. The van der Waals surface area contributed by atoms with E-state index in [4.69, 9.17) is 16.3 Å². The highest BCUT2D eigenvalue weighted by Gasteiger charge is 2.33. The maximum Gasteiger partial charge on any atom is 0.264 e. The maximum atomic E-state index is 13.9. The first-order valence-electron chi connectivity index (χ1n) is 13.1. The van der Waals surface area contributed by atoms with Gasteiger partial charge < -0.3 is 15.0 Å². The van der Waals surface area contributed by atoms with E-state index in [1.807, 2.05) is 20.8 Å². The number of halogens is 2. The highest BCUT2D eigenvalue weighted by Crippen LogP contribution is 2.32. The van der Waals surface area contributed by atoms with Gasteiger partial charge in [0, 0.05) is 12.6 Å². The van der Waals surface area contributed by atoms with E-state index in [0.29, 0.717) is 17.7 Å². The van der Waals surface area contributed by atoms with Gasteiger partial charge in [-0.15, -0.1) is 0 Å². The molecule has 0 saturated carbocycles. The number of benzene rings is 3. The number of hydrogen-bond donors (Lipinski definition) is 1. The van der Waals surface area contributed by atoms with Gasteiger partial charge in [-0.3, -0.25) is 13.9 Å². The Morgan fingerprint density at radius 1 is 1.02 bits per heavy atom. The third-order valence-corrected chi connectivity index (χ3v) is 8.83. The first-order valence-corrected chi connectivity index (χ1v) is 15.0. The molecule has 0 saturated heterocycles. The monoisotopic (exact) mass is 603 g/mol. The van der Waals surface area contributed by atoms with Gasteiger partial charge in [0.25, 0.3) is 10.0 Å². The summed E-state index contributed by atoms with van der Waals surface area (Å²) in [5.74, 6) is -1.14. The van der Waals surface area contributed by atoms with E-state index in [1.165, 1.54) is 66.6 Å². The van der Waals surface area contributed by atoms with Crippen LogP contribution in [0.4, 0.5) is 10.1 Å². The van der Waals surface area contributed by atoms with Crippen LogP contribution in [0.2, 0.25) is 5.02 Å². The average molecular weight is 604 g/mol. The smallest absolute Gasteiger partial charge is 0.264 e. The van der Waals surface area contributed by atoms with Crippen LogP contribution in [-0.4, -0.2) is 50.9 Å². The minimum atomic E-state index is -4.25. The molecule has 3 aromatic carbocycles. The Morgan fingerprint density at radius 2 is 1.66 bits per heavy atom. The molecular weight excluding hydrogens is 569 g/mol. The van der Waals surface area contributed by atoms with Crippen molar-refractivity contribution in [1.29, 1.82) is 0 Å². The number of aryl methyl sites for hydroxylation is 1. The van der Waals surface area contributed by atoms with Crippen LogP contribution in [-0.2, 0) is 26.2 Å². The van der Waals surface area contributed by atoms with Crippen molar-refractivity contribution in [1.82, 2.24) is 10.2 Å². The Hall–Kier alpha value is -3.63. The van der Waals surface area contributed by atoms with Gasteiger partial charge >= 0.3 is 0 Å². The standard InChI is InChI=1S/C30H35ClFN3O5S/c1-6-21(3)33-30(37)22(4)34(18-23-9-11-24(32)12-10-23)29(36)19-35(25-13-16-28(40-5)27(31)17-25)41(38,39)26-14-7-20(2)8-15-26/h7-17,21-22H,6,18-19H2,1-5H3,(H,33,37)/t21-,22+/m1/s1. The van der Waals surface area contributed by atoms with E-state index < -0.39 is 40.2 Å². The number of methoxy groups -OCH3 is 1. The zero-order valence-corrected chi connectivity index (χ0v) is 25.3. The van der Waals surface area contributed by atoms with Crippen LogP contribution in [0, 0.1) is 12.7 Å². The molecule has 0 aliphatic rings. The Balaban J connectivity index is 2.06. The molecule has 0 bridgehead atoms. The summed E-state index contributed by atoms with van der Waals surface area (Å²) in [7, 11) is -2.81. The molecule has 41 heavy (non-hydrogen) atoms. The lowest BCUT2D eigenvalue weighted by molar-refractivity contribution is -0.139. The number of hydrogen-bond acceptors (Lipinski definition) is 5. The van der Waals surface area contributed by atoms with Gasteiger partial charge in [-0.2, -0.15) is 0 Å². The van der Waals surface area contributed by atoms with Crippen LogP contribution in [0.25, 0.3) is 0 Å². The van der Waals surface area contributed by atoms with Crippen LogP contribution in [0.5, 0.6) is 5.75 Å². The molecule has 8 nitrogen and oxygen atoms in total. The van der Waals surface area contributed by atoms with Gasteiger partial charge in [-0.05, 0) is 75.2 Å². The molecule has 0 spiro atoms. The summed E-state index contributed by atoms with van der Waals surface area (Å²) in [5.41, 5.74) is 1.58. The number of carbonyl (C=O) groups is 2. The van der Waals surface area contributed by atoms with Gasteiger partial charge in [0.15, 0.2) is 0 Å². The molecule has 11 heteroatoms. The first-order chi connectivity index (χ1) is 19.4. The Kier molecular flexibility index (Phi) is 10.8. The Bertz CT molecular complexity index is 1470. The number of anilines is 1. The topological polar surface area (TPSA) is 96.0 Å². The third-order valence-electron chi connectivity index (χ3n) is 6.75.